The predicted molar refractivity (Wildman–Crippen MR) is 152 cm³/mol. The van der Waals surface area contributed by atoms with Gasteiger partial charge in [0.2, 0.25) is 0 Å². The second kappa shape index (κ2) is 10.7. The number of methoxy groups -OCH3 is 1. The minimum absolute atomic E-state index is 0.303. The van der Waals surface area contributed by atoms with E-state index in [-0.39, 0.29) is 0 Å². The molecule has 4 fully saturated rings. The molecule has 38 heavy (non-hydrogen) atoms. The van der Waals surface area contributed by atoms with E-state index in [9.17, 15) is 9.90 Å². The summed E-state index contributed by atoms with van der Waals surface area (Å²) in [6.07, 6.45) is 12.7. The topological polar surface area (TPSA) is 55.8 Å². The Bertz CT molecular complexity index is 1260. The normalized spacial score (nSPS) is 25.7. The van der Waals surface area contributed by atoms with Crippen molar-refractivity contribution in [1.29, 1.82) is 0 Å². The quantitative estimate of drug-likeness (QED) is 0.263. The van der Waals surface area contributed by atoms with E-state index in [1.165, 1.54) is 54.9 Å². The Morgan fingerprint density at radius 3 is 2.11 bits per heavy atom. The number of carboxylic acids is 1. The zero-order valence-corrected chi connectivity index (χ0v) is 22.6. The van der Waals surface area contributed by atoms with Crippen molar-refractivity contribution in [2.24, 2.45) is 17.8 Å². The summed E-state index contributed by atoms with van der Waals surface area (Å²) < 4.78 is 11.8. The highest BCUT2D eigenvalue weighted by Gasteiger charge is 2.51. The standard InChI is InChI=1S/C34H40O4/c1-37-14-4-2-3-5-15-38-32-30(26-6-8-28(9-7-26)33(35)36)13-11-27-10-12-29(19-31(27)32)34-20-23-16-24(21-34)18-25(17-23)22-34/h6-13,19,23-25H,2-5,14-18,20-22H2,1H3,(H,35,36). The number of carbonyl (C=O) groups is 1. The Morgan fingerprint density at radius 2 is 1.47 bits per heavy atom. The van der Waals surface area contributed by atoms with E-state index >= 15 is 0 Å². The van der Waals surface area contributed by atoms with Crippen LogP contribution in [-0.2, 0) is 10.2 Å². The zero-order valence-electron chi connectivity index (χ0n) is 22.6. The lowest BCUT2D eigenvalue weighted by Crippen LogP contribution is -2.48. The Morgan fingerprint density at radius 1 is 0.842 bits per heavy atom. The first kappa shape index (κ1) is 25.4. The molecule has 0 unspecified atom stereocenters. The molecule has 4 bridgehead atoms. The SMILES string of the molecule is COCCCCCCOc1c(-c2ccc(C(=O)O)cc2)ccc2ccc(C34CC5CC(CC(C5)C3)C4)cc12. The van der Waals surface area contributed by atoms with Gasteiger partial charge >= 0.3 is 5.97 Å². The van der Waals surface area contributed by atoms with Gasteiger partial charge < -0.3 is 14.6 Å². The number of carboxylic acid groups (broad SMARTS) is 1. The molecular weight excluding hydrogens is 472 g/mol. The molecule has 0 atom stereocenters. The summed E-state index contributed by atoms with van der Waals surface area (Å²) >= 11 is 0. The molecule has 0 aromatic heterocycles. The van der Waals surface area contributed by atoms with Crippen LogP contribution >= 0.6 is 0 Å². The maximum Gasteiger partial charge on any atom is 0.335 e. The smallest absolute Gasteiger partial charge is 0.335 e. The van der Waals surface area contributed by atoms with Gasteiger partial charge in [-0.15, -0.1) is 0 Å². The number of unbranched alkanes of at least 4 members (excludes halogenated alkanes) is 3. The van der Waals surface area contributed by atoms with Gasteiger partial charge in [0.15, 0.2) is 0 Å². The summed E-state index contributed by atoms with van der Waals surface area (Å²) in [6, 6.07) is 18.7. The molecule has 200 valence electrons. The van der Waals surface area contributed by atoms with Gasteiger partial charge in [0.05, 0.1) is 12.2 Å². The molecule has 3 aromatic carbocycles. The van der Waals surface area contributed by atoms with Gasteiger partial charge in [-0.05, 0) is 116 Å². The second-order valence-corrected chi connectivity index (χ2v) is 12.2. The van der Waals surface area contributed by atoms with Crippen LogP contribution in [-0.4, -0.2) is 31.4 Å². The summed E-state index contributed by atoms with van der Waals surface area (Å²) in [7, 11) is 1.76. The first-order chi connectivity index (χ1) is 18.5. The van der Waals surface area contributed by atoms with Crippen molar-refractivity contribution in [3.05, 3.63) is 65.7 Å². The largest absolute Gasteiger partial charge is 0.492 e. The highest BCUT2D eigenvalue weighted by molar-refractivity contribution is 5.96. The molecule has 0 radical (unpaired) electrons. The Hall–Kier alpha value is -2.85. The van der Waals surface area contributed by atoms with Crippen LogP contribution in [0.4, 0.5) is 0 Å². The Kier molecular flexibility index (Phi) is 7.18. The monoisotopic (exact) mass is 512 g/mol. The van der Waals surface area contributed by atoms with Gasteiger partial charge in [0.25, 0.3) is 0 Å². The lowest BCUT2D eigenvalue weighted by molar-refractivity contribution is -0.00513. The molecule has 0 spiro atoms. The van der Waals surface area contributed by atoms with Crippen LogP contribution in [0.15, 0.2) is 54.6 Å². The molecule has 0 amide bonds. The summed E-state index contributed by atoms with van der Waals surface area (Å²) in [5, 5.41) is 11.8. The zero-order chi connectivity index (χ0) is 26.1. The highest BCUT2D eigenvalue weighted by atomic mass is 16.5. The minimum Gasteiger partial charge on any atom is -0.492 e. The minimum atomic E-state index is -0.903. The third-order valence-electron chi connectivity index (χ3n) is 9.55. The number of hydrogen-bond acceptors (Lipinski definition) is 3. The molecule has 0 aliphatic heterocycles. The molecule has 0 saturated heterocycles. The third-order valence-corrected chi connectivity index (χ3v) is 9.55. The van der Waals surface area contributed by atoms with Crippen molar-refractivity contribution >= 4 is 16.7 Å². The highest BCUT2D eigenvalue weighted by Crippen LogP contribution is 2.61. The van der Waals surface area contributed by atoms with Crippen molar-refractivity contribution in [2.45, 2.75) is 69.6 Å². The van der Waals surface area contributed by atoms with E-state index in [4.69, 9.17) is 9.47 Å². The molecule has 3 aromatic rings. The molecule has 0 heterocycles. The van der Waals surface area contributed by atoms with E-state index in [0.717, 1.165) is 66.9 Å². The van der Waals surface area contributed by atoms with Gasteiger partial charge in [-0.1, -0.05) is 42.8 Å². The van der Waals surface area contributed by atoms with Crippen LogP contribution in [0.5, 0.6) is 5.75 Å². The lowest BCUT2D eigenvalue weighted by Gasteiger charge is -2.57. The Balaban J connectivity index is 1.35. The van der Waals surface area contributed by atoms with Crippen molar-refractivity contribution in [3.63, 3.8) is 0 Å². The van der Waals surface area contributed by atoms with Crippen molar-refractivity contribution < 1.29 is 19.4 Å². The summed E-state index contributed by atoms with van der Waals surface area (Å²) in [5.74, 6) is 2.76. The van der Waals surface area contributed by atoms with Gasteiger partial charge in [-0.25, -0.2) is 4.79 Å². The van der Waals surface area contributed by atoms with E-state index in [1.54, 1.807) is 19.2 Å². The molecule has 1 N–H and O–H groups in total. The molecule has 4 nitrogen and oxygen atoms in total. The predicted octanol–water partition coefficient (Wildman–Crippen LogP) is 8.26. The average molecular weight is 513 g/mol. The lowest BCUT2D eigenvalue weighted by atomic mass is 9.48. The summed E-state index contributed by atoms with van der Waals surface area (Å²) in [5.41, 5.74) is 4.17. The Labute approximate surface area is 226 Å². The van der Waals surface area contributed by atoms with Crippen LogP contribution in [0.3, 0.4) is 0 Å². The van der Waals surface area contributed by atoms with Crippen LogP contribution in [0.1, 0.15) is 80.1 Å². The van der Waals surface area contributed by atoms with Gasteiger partial charge in [0, 0.05) is 24.7 Å². The van der Waals surface area contributed by atoms with Crippen LogP contribution < -0.4 is 4.74 Å². The molecule has 7 rings (SSSR count). The van der Waals surface area contributed by atoms with E-state index < -0.39 is 5.97 Å². The fourth-order valence-corrected chi connectivity index (χ4v) is 8.14. The fraction of sp³-hybridized carbons (Fsp3) is 0.500. The molecular formula is C34H40O4. The van der Waals surface area contributed by atoms with Gasteiger partial charge in [-0.2, -0.15) is 0 Å². The third kappa shape index (κ3) is 4.96. The van der Waals surface area contributed by atoms with Gasteiger partial charge in [0.1, 0.15) is 5.75 Å². The number of rotatable bonds is 11. The van der Waals surface area contributed by atoms with E-state index in [0.29, 0.717) is 17.6 Å². The maximum atomic E-state index is 11.4. The fourth-order valence-electron chi connectivity index (χ4n) is 8.14. The number of fused-ring (bicyclic) bond motifs is 1. The van der Waals surface area contributed by atoms with Crippen molar-refractivity contribution in [2.75, 3.05) is 20.3 Å². The molecule has 4 aliphatic carbocycles. The van der Waals surface area contributed by atoms with E-state index in [2.05, 4.69) is 30.3 Å². The first-order valence-electron chi connectivity index (χ1n) is 14.6. The summed E-state index contributed by atoms with van der Waals surface area (Å²) in [4.78, 5) is 11.4. The number of ether oxygens (including phenoxy) is 2. The van der Waals surface area contributed by atoms with Crippen LogP contribution in [0.25, 0.3) is 21.9 Å². The van der Waals surface area contributed by atoms with Crippen LogP contribution in [0, 0.1) is 17.8 Å². The second-order valence-electron chi connectivity index (χ2n) is 12.2. The summed E-state index contributed by atoms with van der Waals surface area (Å²) in [6.45, 7) is 1.49. The number of aromatic carboxylic acids is 1. The molecule has 4 heteroatoms. The van der Waals surface area contributed by atoms with Crippen molar-refractivity contribution in [1.82, 2.24) is 0 Å². The number of hydrogen-bond donors (Lipinski definition) is 1. The number of benzene rings is 3. The molecule has 4 saturated carbocycles. The van der Waals surface area contributed by atoms with Crippen LogP contribution in [0.2, 0.25) is 0 Å². The van der Waals surface area contributed by atoms with Gasteiger partial charge in [-0.3, -0.25) is 0 Å². The van der Waals surface area contributed by atoms with Crippen molar-refractivity contribution in [3.8, 4) is 16.9 Å². The average Bonchev–Trinajstić information content (AvgIpc) is 2.91. The molecule has 4 aliphatic rings. The maximum absolute atomic E-state index is 11.4. The first-order valence-corrected chi connectivity index (χ1v) is 14.6. The van der Waals surface area contributed by atoms with E-state index in [1.807, 2.05) is 12.1 Å².